The second kappa shape index (κ2) is 4.81. The van der Waals surface area contributed by atoms with Crippen LogP contribution < -0.4 is 0 Å². The molecular formula is C16H24O. The summed E-state index contributed by atoms with van der Waals surface area (Å²) in [5, 5.41) is 10.7. The van der Waals surface area contributed by atoms with Crippen LogP contribution in [0.2, 0.25) is 0 Å². The summed E-state index contributed by atoms with van der Waals surface area (Å²) < 4.78 is 0. The van der Waals surface area contributed by atoms with Crippen molar-refractivity contribution in [3.63, 3.8) is 0 Å². The van der Waals surface area contributed by atoms with Crippen LogP contribution in [0.1, 0.15) is 51.5 Å². The minimum atomic E-state index is -0.433. The van der Waals surface area contributed by atoms with Gasteiger partial charge in [0.1, 0.15) is 0 Å². The van der Waals surface area contributed by atoms with Gasteiger partial charge in [-0.1, -0.05) is 50.6 Å². The van der Waals surface area contributed by atoms with Crippen molar-refractivity contribution in [1.29, 1.82) is 0 Å². The molecule has 0 bridgehead atoms. The number of aryl methyl sites for hydroxylation is 1. The number of rotatable bonds is 3. The van der Waals surface area contributed by atoms with E-state index in [1.54, 1.807) is 0 Å². The SMILES string of the molecule is CC1(C)CCCC(O)(CCc2ccccc2)C1. The molecule has 1 saturated carbocycles. The van der Waals surface area contributed by atoms with Gasteiger partial charge in [-0.15, -0.1) is 0 Å². The van der Waals surface area contributed by atoms with Crippen molar-refractivity contribution in [2.75, 3.05) is 0 Å². The lowest BCUT2D eigenvalue weighted by atomic mass is 9.68. The monoisotopic (exact) mass is 232 g/mol. The van der Waals surface area contributed by atoms with Crippen LogP contribution in [0.15, 0.2) is 30.3 Å². The van der Waals surface area contributed by atoms with Gasteiger partial charge in [-0.05, 0) is 43.1 Å². The van der Waals surface area contributed by atoms with Crippen molar-refractivity contribution in [3.05, 3.63) is 35.9 Å². The Bertz CT molecular complexity index is 355. The zero-order chi connectivity index (χ0) is 12.4. The third-order valence-corrected chi connectivity index (χ3v) is 4.03. The molecule has 1 N–H and O–H groups in total. The van der Waals surface area contributed by atoms with Gasteiger partial charge in [-0.25, -0.2) is 0 Å². The van der Waals surface area contributed by atoms with Crippen molar-refractivity contribution in [2.45, 2.75) is 58.0 Å². The molecule has 0 amide bonds. The Morgan fingerprint density at radius 1 is 1.12 bits per heavy atom. The van der Waals surface area contributed by atoms with Crippen molar-refractivity contribution in [1.82, 2.24) is 0 Å². The number of hydrogen-bond acceptors (Lipinski definition) is 1. The molecule has 1 aliphatic carbocycles. The molecule has 0 aliphatic heterocycles. The summed E-state index contributed by atoms with van der Waals surface area (Å²) >= 11 is 0. The molecule has 0 heterocycles. The Hall–Kier alpha value is -0.820. The fourth-order valence-corrected chi connectivity index (χ4v) is 3.20. The summed E-state index contributed by atoms with van der Waals surface area (Å²) in [6.45, 7) is 4.55. The topological polar surface area (TPSA) is 20.2 Å². The van der Waals surface area contributed by atoms with Gasteiger partial charge in [-0.3, -0.25) is 0 Å². The summed E-state index contributed by atoms with van der Waals surface area (Å²) in [5.41, 5.74) is 1.21. The van der Waals surface area contributed by atoms with E-state index in [1.807, 2.05) is 6.07 Å². The number of aliphatic hydroxyl groups is 1. The standard InChI is InChI=1S/C16H24O/c1-15(2)10-6-11-16(17,13-15)12-9-14-7-4-3-5-8-14/h3-5,7-8,17H,6,9-13H2,1-2H3. The van der Waals surface area contributed by atoms with Gasteiger partial charge in [0.15, 0.2) is 0 Å². The maximum atomic E-state index is 10.7. The lowest BCUT2D eigenvalue weighted by Gasteiger charge is -2.41. The van der Waals surface area contributed by atoms with E-state index in [0.717, 1.165) is 32.1 Å². The molecule has 0 saturated heterocycles. The molecule has 1 atom stereocenters. The van der Waals surface area contributed by atoms with Gasteiger partial charge in [0.25, 0.3) is 0 Å². The van der Waals surface area contributed by atoms with Gasteiger partial charge < -0.3 is 5.11 Å². The normalized spacial score (nSPS) is 27.9. The largest absolute Gasteiger partial charge is 0.390 e. The zero-order valence-corrected chi connectivity index (χ0v) is 11.1. The molecular weight excluding hydrogens is 208 g/mol. The molecule has 17 heavy (non-hydrogen) atoms. The van der Waals surface area contributed by atoms with Crippen LogP contribution in [0.25, 0.3) is 0 Å². The average molecular weight is 232 g/mol. The summed E-state index contributed by atoms with van der Waals surface area (Å²) in [6, 6.07) is 10.5. The van der Waals surface area contributed by atoms with Gasteiger partial charge in [0.05, 0.1) is 5.60 Å². The Morgan fingerprint density at radius 2 is 1.82 bits per heavy atom. The molecule has 1 nitrogen and oxygen atoms in total. The highest BCUT2D eigenvalue weighted by atomic mass is 16.3. The van der Waals surface area contributed by atoms with Crippen molar-refractivity contribution in [2.24, 2.45) is 5.41 Å². The predicted octanol–water partition coefficient (Wildman–Crippen LogP) is 3.95. The third kappa shape index (κ3) is 3.57. The minimum absolute atomic E-state index is 0.309. The highest BCUT2D eigenvalue weighted by Crippen LogP contribution is 2.42. The minimum Gasteiger partial charge on any atom is -0.390 e. The smallest absolute Gasteiger partial charge is 0.0656 e. The highest BCUT2D eigenvalue weighted by Gasteiger charge is 2.37. The molecule has 0 radical (unpaired) electrons. The highest BCUT2D eigenvalue weighted by molar-refractivity contribution is 5.15. The summed E-state index contributed by atoms with van der Waals surface area (Å²) in [7, 11) is 0. The van der Waals surface area contributed by atoms with Crippen LogP contribution in [0.5, 0.6) is 0 Å². The number of hydrogen-bond donors (Lipinski definition) is 1. The van der Waals surface area contributed by atoms with Crippen molar-refractivity contribution >= 4 is 0 Å². The van der Waals surface area contributed by atoms with Crippen LogP contribution in [-0.4, -0.2) is 10.7 Å². The molecule has 1 aromatic rings. The van der Waals surface area contributed by atoms with Gasteiger partial charge in [-0.2, -0.15) is 0 Å². The molecule has 0 aromatic heterocycles. The van der Waals surface area contributed by atoms with E-state index >= 15 is 0 Å². The van der Waals surface area contributed by atoms with Crippen LogP contribution in [0.3, 0.4) is 0 Å². The maximum Gasteiger partial charge on any atom is 0.0656 e. The van der Waals surface area contributed by atoms with E-state index in [4.69, 9.17) is 0 Å². The van der Waals surface area contributed by atoms with E-state index in [9.17, 15) is 5.11 Å². The van der Waals surface area contributed by atoms with E-state index < -0.39 is 5.60 Å². The molecule has 94 valence electrons. The summed E-state index contributed by atoms with van der Waals surface area (Å²) in [6.07, 6.45) is 6.24. The van der Waals surface area contributed by atoms with E-state index in [0.29, 0.717) is 5.41 Å². The molecule has 1 unspecified atom stereocenters. The first-order chi connectivity index (χ1) is 7.99. The quantitative estimate of drug-likeness (QED) is 0.836. The van der Waals surface area contributed by atoms with E-state index in [1.165, 1.54) is 12.0 Å². The van der Waals surface area contributed by atoms with Crippen LogP contribution in [-0.2, 0) is 6.42 Å². The third-order valence-electron chi connectivity index (χ3n) is 4.03. The van der Waals surface area contributed by atoms with Gasteiger partial charge in [0.2, 0.25) is 0 Å². The van der Waals surface area contributed by atoms with Gasteiger partial charge >= 0.3 is 0 Å². The Morgan fingerprint density at radius 3 is 2.47 bits per heavy atom. The maximum absolute atomic E-state index is 10.7. The second-order valence-corrected chi connectivity index (χ2v) is 6.40. The molecule has 1 heteroatoms. The first-order valence-electron chi connectivity index (χ1n) is 6.76. The molecule has 2 rings (SSSR count). The average Bonchev–Trinajstić information content (AvgIpc) is 2.26. The van der Waals surface area contributed by atoms with Crippen LogP contribution >= 0.6 is 0 Å². The van der Waals surface area contributed by atoms with Crippen LogP contribution in [0, 0.1) is 5.41 Å². The first kappa shape index (κ1) is 12.6. The lowest BCUT2D eigenvalue weighted by molar-refractivity contribution is -0.0446. The molecule has 0 spiro atoms. The Balaban J connectivity index is 1.94. The van der Waals surface area contributed by atoms with Crippen molar-refractivity contribution < 1.29 is 5.11 Å². The summed E-state index contributed by atoms with van der Waals surface area (Å²) in [4.78, 5) is 0. The second-order valence-electron chi connectivity index (χ2n) is 6.40. The fourth-order valence-electron chi connectivity index (χ4n) is 3.20. The fraction of sp³-hybridized carbons (Fsp3) is 0.625. The van der Waals surface area contributed by atoms with Crippen LogP contribution in [0.4, 0.5) is 0 Å². The Kier molecular flexibility index (Phi) is 3.58. The molecule has 1 fully saturated rings. The number of benzene rings is 1. The molecule has 1 aromatic carbocycles. The summed E-state index contributed by atoms with van der Waals surface area (Å²) in [5.74, 6) is 0. The first-order valence-corrected chi connectivity index (χ1v) is 6.76. The van der Waals surface area contributed by atoms with E-state index in [2.05, 4.69) is 38.1 Å². The molecule has 1 aliphatic rings. The predicted molar refractivity (Wildman–Crippen MR) is 72.0 cm³/mol. The van der Waals surface area contributed by atoms with E-state index in [-0.39, 0.29) is 0 Å². The Labute approximate surface area is 105 Å². The zero-order valence-electron chi connectivity index (χ0n) is 11.1. The lowest BCUT2D eigenvalue weighted by Crippen LogP contribution is -2.39. The van der Waals surface area contributed by atoms with Crippen molar-refractivity contribution in [3.8, 4) is 0 Å². The van der Waals surface area contributed by atoms with Gasteiger partial charge in [0, 0.05) is 0 Å².